The molecule has 0 amide bonds. The molecule has 0 unspecified atom stereocenters. The molecule has 0 atom stereocenters. The first-order chi connectivity index (χ1) is 8.69. The van der Waals surface area contributed by atoms with Crippen molar-refractivity contribution in [3.8, 4) is 5.75 Å². The Morgan fingerprint density at radius 1 is 1.11 bits per heavy atom. The fourth-order valence-electron chi connectivity index (χ4n) is 3.03. The number of hydrogen-bond acceptors (Lipinski definition) is 2. The summed E-state index contributed by atoms with van der Waals surface area (Å²) in [5.74, 6) is 0.431. The van der Waals surface area contributed by atoms with E-state index in [9.17, 15) is 5.11 Å². The van der Waals surface area contributed by atoms with Crippen LogP contribution >= 0.6 is 0 Å². The number of likely N-dealkylation sites (tertiary alicyclic amines) is 1. The quantitative estimate of drug-likeness (QED) is 0.875. The Bertz CT molecular complexity index is 374. The minimum absolute atomic E-state index is 0.431. The predicted octanol–water partition coefficient (Wildman–Crippen LogP) is 3.79. The third-order valence-electron chi connectivity index (χ3n) is 4.80. The van der Waals surface area contributed by atoms with Crippen molar-refractivity contribution in [1.29, 1.82) is 0 Å². The molecule has 0 radical (unpaired) electrons. The Kier molecular flexibility index (Phi) is 4.28. The Morgan fingerprint density at radius 2 is 1.72 bits per heavy atom. The van der Waals surface area contributed by atoms with E-state index in [0.717, 1.165) is 25.2 Å². The van der Waals surface area contributed by atoms with Crippen LogP contribution in [0.25, 0.3) is 0 Å². The maximum absolute atomic E-state index is 9.81. The van der Waals surface area contributed by atoms with Crippen LogP contribution in [0.3, 0.4) is 0 Å². The van der Waals surface area contributed by atoms with E-state index in [1.54, 1.807) is 6.07 Å². The maximum Gasteiger partial charge on any atom is 0.120 e. The van der Waals surface area contributed by atoms with Crippen molar-refractivity contribution >= 4 is 0 Å². The first-order valence-corrected chi connectivity index (χ1v) is 7.18. The zero-order valence-electron chi connectivity index (χ0n) is 11.7. The lowest BCUT2D eigenvalue weighted by Crippen LogP contribution is -2.39. The van der Waals surface area contributed by atoms with Crippen LogP contribution in [0.1, 0.15) is 45.1 Å². The zero-order chi connectivity index (χ0) is 13.0. The van der Waals surface area contributed by atoms with Gasteiger partial charge >= 0.3 is 0 Å². The molecular weight excluding hydrogens is 222 g/mol. The van der Waals surface area contributed by atoms with Crippen molar-refractivity contribution in [2.45, 2.75) is 46.1 Å². The van der Waals surface area contributed by atoms with Crippen molar-refractivity contribution in [3.63, 3.8) is 0 Å². The predicted molar refractivity (Wildman–Crippen MR) is 75.6 cm³/mol. The number of phenols is 1. The highest BCUT2D eigenvalue weighted by Gasteiger charge is 2.31. The van der Waals surface area contributed by atoms with Gasteiger partial charge in [-0.1, -0.05) is 44.9 Å². The minimum atomic E-state index is 0.431. The standard InChI is InChI=1S/C16H25NO/c1-3-16(4-2)9-11-17(12-10-16)13-14-7-5-6-8-15(14)18/h5-8,18H,3-4,9-13H2,1-2H3. The second-order valence-corrected chi connectivity index (χ2v) is 5.61. The fraction of sp³-hybridized carbons (Fsp3) is 0.625. The Labute approximate surface area is 111 Å². The van der Waals surface area contributed by atoms with Crippen LogP contribution in [0.2, 0.25) is 0 Å². The molecule has 2 nitrogen and oxygen atoms in total. The summed E-state index contributed by atoms with van der Waals surface area (Å²) in [7, 11) is 0. The van der Waals surface area contributed by atoms with Crippen molar-refractivity contribution in [3.05, 3.63) is 29.8 Å². The van der Waals surface area contributed by atoms with Gasteiger partial charge in [0.05, 0.1) is 0 Å². The van der Waals surface area contributed by atoms with E-state index in [1.807, 2.05) is 18.2 Å². The Morgan fingerprint density at radius 3 is 2.28 bits per heavy atom. The summed E-state index contributed by atoms with van der Waals surface area (Å²) in [6.07, 6.45) is 5.20. The van der Waals surface area contributed by atoms with Crippen molar-refractivity contribution < 1.29 is 5.11 Å². The molecule has 0 aliphatic carbocycles. The molecule has 0 bridgehead atoms. The molecule has 2 rings (SSSR count). The third-order valence-corrected chi connectivity index (χ3v) is 4.80. The molecule has 1 aromatic carbocycles. The van der Waals surface area contributed by atoms with Crippen LogP contribution in [-0.4, -0.2) is 23.1 Å². The summed E-state index contributed by atoms with van der Waals surface area (Å²) in [5, 5.41) is 9.81. The summed E-state index contributed by atoms with van der Waals surface area (Å²) in [4.78, 5) is 2.47. The molecular formula is C16H25NO. The minimum Gasteiger partial charge on any atom is -0.508 e. The lowest BCUT2D eigenvalue weighted by Gasteiger charge is -2.41. The highest BCUT2D eigenvalue weighted by Crippen LogP contribution is 2.38. The van der Waals surface area contributed by atoms with E-state index in [2.05, 4.69) is 18.7 Å². The normalized spacial score (nSPS) is 19.9. The van der Waals surface area contributed by atoms with E-state index in [-0.39, 0.29) is 0 Å². The van der Waals surface area contributed by atoms with Crippen molar-refractivity contribution in [2.24, 2.45) is 5.41 Å². The summed E-state index contributed by atoms with van der Waals surface area (Å²) in [6, 6.07) is 7.69. The SMILES string of the molecule is CCC1(CC)CCN(Cc2ccccc2O)CC1. The van der Waals surface area contributed by atoms with Crippen molar-refractivity contribution in [1.82, 2.24) is 4.90 Å². The van der Waals surface area contributed by atoms with Gasteiger partial charge in [-0.2, -0.15) is 0 Å². The molecule has 1 aliphatic rings. The number of piperidine rings is 1. The van der Waals surface area contributed by atoms with Crippen LogP contribution < -0.4 is 0 Å². The molecule has 1 aliphatic heterocycles. The lowest BCUT2D eigenvalue weighted by molar-refractivity contribution is 0.0904. The number of para-hydroxylation sites is 1. The van der Waals surface area contributed by atoms with Gasteiger partial charge in [-0.05, 0) is 37.4 Å². The van der Waals surface area contributed by atoms with E-state index >= 15 is 0 Å². The molecule has 100 valence electrons. The van der Waals surface area contributed by atoms with E-state index in [0.29, 0.717) is 11.2 Å². The molecule has 18 heavy (non-hydrogen) atoms. The van der Waals surface area contributed by atoms with E-state index in [1.165, 1.54) is 25.7 Å². The van der Waals surface area contributed by atoms with Gasteiger partial charge in [0.15, 0.2) is 0 Å². The molecule has 1 heterocycles. The highest BCUT2D eigenvalue weighted by atomic mass is 16.3. The second kappa shape index (κ2) is 5.75. The van der Waals surface area contributed by atoms with Crippen LogP contribution in [-0.2, 0) is 6.54 Å². The lowest BCUT2D eigenvalue weighted by atomic mass is 9.74. The van der Waals surface area contributed by atoms with Gasteiger partial charge in [-0.15, -0.1) is 0 Å². The van der Waals surface area contributed by atoms with Crippen LogP contribution in [0.4, 0.5) is 0 Å². The Hall–Kier alpha value is -1.02. The zero-order valence-corrected chi connectivity index (χ0v) is 11.7. The first-order valence-electron chi connectivity index (χ1n) is 7.18. The number of benzene rings is 1. The second-order valence-electron chi connectivity index (χ2n) is 5.61. The van der Waals surface area contributed by atoms with Gasteiger partial charge in [0.2, 0.25) is 0 Å². The highest BCUT2D eigenvalue weighted by molar-refractivity contribution is 5.31. The van der Waals surface area contributed by atoms with Gasteiger partial charge in [-0.3, -0.25) is 4.90 Å². The number of rotatable bonds is 4. The summed E-state index contributed by atoms with van der Waals surface area (Å²) in [5.41, 5.74) is 1.63. The summed E-state index contributed by atoms with van der Waals surface area (Å²) < 4.78 is 0. The molecule has 1 N–H and O–H groups in total. The Balaban J connectivity index is 1.93. The smallest absolute Gasteiger partial charge is 0.120 e. The molecule has 0 spiro atoms. The van der Waals surface area contributed by atoms with E-state index in [4.69, 9.17) is 0 Å². The first kappa shape index (κ1) is 13.4. The summed E-state index contributed by atoms with van der Waals surface area (Å²) in [6.45, 7) is 7.85. The average molecular weight is 247 g/mol. The van der Waals surface area contributed by atoms with Gasteiger partial charge in [0, 0.05) is 12.1 Å². The third kappa shape index (κ3) is 2.86. The summed E-state index contributed by atoms with van der Waals surface area (Å²) >= 11 is 0. The van der Waals surface area contributed by atoms with Gasteiger partial charge < -0.3 is 5.11 Å². The molecule has 1 aromatic rings. The molecule has 2 heteroatoms. The fourth-order valence-corrected chi connectivity index (χ4v) is 3.03. The van der Waals surface area contributed by atoms with Crippen LogP contribution in [0.15, 0.2) is 24.3 Å². The molecule has 0 saturated carbocycles. The largest absolute Gasteiger partial charge is 0.508 e. The van der Waals surface area contributed by atoms with Crippen LogP contribution in [0, 0.1) is 5.41 Å². The number of hydrogen-bond donors (Lipinski definition) is 1. The van der Waals surface area contributed by atoms with Gasteiger partial charge in [-0.25, -0.2) is 0 Å². The maximum atomic E-state index is 9.81. The molecule has 1 fully saturated rings. The van der Waals surface area contributed by atoms with Gasteiger partial charge in [0.25, 0.3) is 0 Å². The number of nitrogens with zero attached hydrogens (tertiary/aromatic N) is 1. The topological polar surface area (TPSA) is 23.5 Å². The average Bonchev–Trinajstić information content (AvgIpc) is 2.43. The molecule has 0 aromatic heterocycles. The molecule has 1 saturated heterocycles. The number of aromatic hydroxyl groups is 1. The number of phenolic OH excluding ortho intramolecular Hbond substituents is 1. The monoisotopic (exact) mass is 247 g/mol. The van der Waals surface area contributed by atoms with Gasteiger partial charge in [0.1, 0.15) is 5.75 Å². The van der Waals surface area contributed by atoms with E-state index < -0.39 is 0 Å². The van der Waals surface area contributed by atoms with Crippen molar-refractivity contribution in [2.75, 3.05) is 13.1 Å². The van der Waals surface area contributed by atoms with Crippen LogP contribution in [0.5, 0.6) is 5.75 Å².